The topological polar surface area (TPSA) is 86.8 Å². The molecule has 0 radical (unpaired) electrons. The van der Waals surface area contributed by atoms with Crippen molar-refractivity contribution in [1.82, 2.24) is 10.2 Å². The molecule has 1 saturated carbocycles. The second-order valence-corrected chi connectivity index (χ2v) is 13.0. The zero-order valence-electron chi connectivity index (χ0n) is 23.6. The Morgan fingerprint density at radius 2 is 1.60 bits per heavy atom. The number of anilines is 1. The average Bonchev–Trinajstić information content (AvgIpc) is 3.47. The molecule has 0 aliphatic heterocycles. The molecular formula is C31H33ClF3N3O4S. The van der Waals surface area contributed by atoms with Gasteiger partial charge in [-0.2, -0.15) is 13.2 Å². The minimum atomic E-state index is -4.72. The van der Waals surface area contributed by atoms with Crippen molar-refractivity contribution in [3.63, 3.8) is 0 Å². The van der Waals surface area contributed by atoms with Crippen LogP contribution in [0.1, 0.15) is 42.4 Å². The van der Waals surface area contributed by atoms with Gasteiger partial charge in [0.2, 0.25) is 21.8 Å². The predicted molar refractivity (Wildman–Crippen MR) is 160 cm³/mol. The lowest BCUT2D eigenvalue weighted by Gasteiger charge is -2.34. The molecule has 0 saturated heterocycles. The zero-order chi connectivity index (χ0) is 31.2. The minimum Gasteiger partial charge on any atom is -0.352 e. The van der Waals surface area contributed by atoms with E-state index in [9.17, 15) is 31.2 Å². The van der Waals surface area contributed by atoms with Crippen molar-refractivity contribution in [2.45, 2.75) is 56.9 Å². The summed E-state index contributed by atoms with van der Waals surface area (Å²) >= 11 is 6.06. The van der Waals surface area contributed by atoms with Crippen LogP contribution in [-0.4, -0.2) is 50.0 Å². The van der Waals surface area contributed by atoms with Crippen LogP contribution in [0.25, 0.3) is 0 Å². The Hall–Kier alpha value is -3.57. The lowest BCUT2D eigenvalue weighted by atomic mass is 10.0. The van der Waals surface area contributed by atoms with Crippen LogP contribution in [0.3, 0.4) is 0 Å². The number of benzene rings is 3. The van der Waals surface area contributed by atoms with E-state index in [1.807, 2.05) is 30.3 Å². The van der Waals surface area contributed by atoms with Crippen molar-refractivity contribution in [2.75, 3.05) is 17.1 Å². The van der Waals surface area contributed by atoms with Gasteiger partial charge in [-0.1, -0.05) is 73.0 Å². The van der Waals surface area contributed by atoms with E-state index < -0.39 is 40.3 Å². The lowest BCUT2D eigenvalue weighted by molar-refractivity contribution is -0.140. The van der Waals surface area contributed by atoms with Crippen molar-refractivity contribution in [2.24, 2.45) is 0 Å². The first kappa shape index (κ1) is 32.3. The molecule has 1 aliphatic rings. The first-order valence-electron chi connectivity index (χ1n) is 13.8. The molecule has 43 heavy (non-hydrogen) atoms. The van der Waals surface area contributed by atoms with Gasteiger partial charge in [-0.15, -0.1) is 0 Å². The number of hydrogen-bond acceptors (Lipinski definition) is 4. The molecule has 0 aromatic heterocycles. The standard InChI is InChI=1S/C31H33ClF3N3O4S/c1-43(41,42)38(27-13-7-10-24(19-27)31(33,34)35)21-29(39)37(20-23-14-16-25(32)17-15-23)28(18-22-8-3-2-4-9-22)30(40)36-26-11-5-6-12-26/h2-4,7-10,13-17,19,26,28H,5-6,11-12,18,20-21H2,1H3,(H,36,40)/t28-/m0/s1. The second-order valence-electron chi connectivity index (χ2n) is 10.7. The minimum absolute atomic E-state index is 0.0455. The van der Waals surface area contributed by atoms with Gasteiger partial charge >= 0.3 is 6.18 Å². The fourth-order valence-corrected chi connectivity index (χ4v) is 6.13. The van der Waals surface area contributed by atoms with Crippen LogP contribution >= 0.6 is 11.6 Å². The van der Waals surface area contributed by atoms with Gasteiger partial charge in [-0.25, -0.2) is 8.42 Å². The maximum absolute atomic E-state index is 14.1. The molecule has 2 amide bonds. The van der Waals surface area contributed by atoms with E-state index in [2.05, 4.69) is 5.32 Å². The summed E-state index contributed by atoms with van der Waals surface area (Å²) in [6.45, 7) is -0.873. The molecule has 0 bridgehead atoms. The number of nitrogens with one attached hydrogen (secondary N) is 1. The summed E-state index contributed by atoms with van der Waals surface area (Å²) in [6.07, 6.45) is -0.189. The van der Waals surface area contributed by atoms with Crippen LogP contribution in [0.5, 0.6) is 0 Å². The number of hydrogen-bond donors (Lipinski definition) is 1. The predicted octanol–water partition coefficient (Wildman–Crippen LogP) is 5.82. The van der Waals surface area contributed by atoms with Crippen LogP contribution in [0.15, 0.2) is 78.9 Å². The molecule has 12 heteroatoms. The number of amides is 2. The summed E-state index contributed by atoms with van der Waals surface area (Å²) in [7, 11) is -4.21. The third-order valence-corrected chi connectivity index (χ3v) is 8.77. The third-order valence-electron chi connectivity index (χ3n) is 7.38. The zero-order valence-corrected chi connectivity index (χ0v) is 25.1. The number of rotatable bonds is 11. The summed E-state index contributed by atoms with van der Waals surface area (Å²) in [6, 6.07) is 18.5. The Kier molecular flexibility index (Phi) is 10.4. The number of carbonyl (C=O) groups is 2. The van der Waals surface area contributed by atoms with Gasteiger partial charge in [0.1, 0.15) is 12.6 Å². The first-order valence-corrected chi connectivity index (χ1v) is 16.1. The molecule has 0 spiro atoms. The molecule has 230 valence electrons. The molecule has 4 rings (SSSR count). The Morgan fingerprint density at radius 3 is 2.21 bits per heavy atom. The van der Waals surface area contributed by atoms with E-state index in [0.29, 0.717) is 21.0 Å². The molecule has 1 aliphatic carbocycles. The monoisotopic (exact) mass is 635 g/mol. The highest BCUT2D eigenvalue weighted by Gasteiger charge is 2.35. The van der Waals surface area contributed by atoms with Crippen molar-refractivity contribution >= 4 is 39.1 Å². The molecular weight excluding hydrogens is 603 g/mol. The van der Waals surface area contributed by atoms with Crippen LogP contribution in [0.4, 0.5) is 18.9 Å². The van der Waals surface area contributed by atoms with Crippen molar-refractivity contribution in [3.8, 4) is 0 Å². The van der Waals surface area contributed by atoms with Crippen molar-refractivity contribution < 1.29 is 31.2 Å². The number of nitrogens with zero attached hydrogens (tertiary/aromatic N) is 2. The fourth-order valence-electron chi connectivity index (χ4n) is 5.16. The van der Waals surface area contributed by atoms with Gasteiger partial charge in [0, 0.05) is 24.0 Å². The van der Waals surface area contributed by atoms with E-state index in [1.165, 1.54) is 11.0 Å². The molecule has 1 atom stereocenters. The van der Waals surface area contributed by atoms with Crippen LogP contribution in [-0.2, 0) is 38.8 Å². The maximum atomic E-state index is 14.1. The Bertz CT molecular complexity index is 1510. The van der Waals surface area contributed by atoms with E-state index >= 15 is 0 Å². The van der Waals surface area contributed by atoms with Gasteiger partial charge in [0.05, 0.1) is 17.5 Å². The number of carbonyl (C=O) groups excluding carboxylic acids is 2. The SMILES string of the molecule is CS(=O)(=O)N(CC(=O)N(Cc1ccc(Cl)cc1)[C@@H](Cc1ccccc1)C(=O)NC1CCCC1)c1cccc(C(F)(F)F)c1. The summed E-state index contributed by atoms with van der Waals surface area (Å²) in [4.78, 5) is 29.2. The van der Waals surface area contributed by atoms with Gasteiger partial charge < -0.3 is 10.2 Å². The van der Waals surface area contributed by atoms with Crippen LogP contribution in [0.2, 0.25) is 5.02 Å². The summed E-state index contributed by atoms with van der Waals surface area (Å²) in [5, 5.41) is 3.52. The molecule has 1 N–H and O–H groups in total. The first-order chi connectivity index (χ1) is 20.3. The van der Waals surface area contributed by atoms with Crippen LogP contribution < -0.4 is 9.62 Å². The van der Waals surface area contributed by atoms with E-state index in [0.717, 1.165) is 49.6 Å². The van der Waals surface area contributed by atoms with Gasteiger partial charge in [0.15, 0.2) is 0 Å². The highest BCUT2D eigenvalue weighted by atomic mass is 35.5. The van der Waals surface area contributed by atoms with E-state index in [1.54, 1.807) is 24.3 Å². The Labute approximate surface area is 254 Å². The quantitative estimate of drug-likeness (QED) is 0.288. The lowest BCUT2D eigenvalue weighted by Crippen LogP contribution is -2.54. The highest BCUT2D eigenvalue weighted by molar-refractivity contribution is 7.92. The summed E-state index contributed by atoms with van der Waals surface area (Å²) in [5.41, 5.74) is 0.0458. The van der Waals surface area contributed by atoms with Gasteiger partial charge in [0.25, 0.3) is 0 Å². The third kappa shape index (κ3) is 8.96. The second kappa shape index (κ2) is 13.8. The van der Waals surface area contributed by atoms with Gasteiger partial charge in [-0.3, -0.25) is 13.9 Å². The van der Waals surface area contributed by atoms with E-state index in [-0.39, 0.29) is 30.6 Å². The molecule has 0 heterocycles. The smallest absolute Gasteiger partial charge is 0.352 e. The number of alkyl halides is 3. The summed E-state index contributed by atoms with van der Waals surface area (Å²) in [5.74, 6) is -1.14. The molecule has 1 fully saturated rings. The molecule has 3 aromatic rings. The molecule has 7 nitrogen and oxygen atoms in total. The van der Waals surface area contributed by atoms with Crippen LogP contribution in [0, 0.1) is 0 Å². The normalized spacial score (nSPS) is 14.7. The fraction of sp³-hybridized carbons (Fsp3) is 0.355. The largest absolute Gasteiger partial charge is 0.416 e. The Balaban J connectivity index is 1.73. The molecule has 3 aromatic carbocycles. The van der Waals surface area contributed by atoms with Crippen molar-refractivity contribution in [3.05, 3.63) is 101 Å². The number of halogens is 4. The average molecular weight is 636 g/mol. The van der Waals surface area contributed by atoms with Gasteiger partial charge in [-0.05, 0) is 54.3 Å². The van der Waals surface area contributed by atoms with E-state index in [4.69, 9.17) is 11.6 Å². The molecule has 0 unspecified atom stereocenters. The number of sulfonamides is 1. The summed E-state index contributed by atoms with van der Waals surface area (Å²) < 4.78 is 66.7. The maximum Gasteiger partial charge on any atom is 0.416 e. The van der Waals surface area contributed by atoms with Crippen molar-refractivity contribution in [1.29, 1.82) is 0 Å². The Morgan fingerprint density at radius 1 is 0.953 bits per heavy atom. The highest BCUT2D eigenvalue weighted by Crippen LogP contribution is 2.32.